The van der Waals surface area contributed by atoms with Gasteiger partial charge in [-0.05, 0) is 39.2 Å². The lowest BCUT2D eigenvalue weighted by Crippen LogP contribution is -2.60. The highest BCUT2D eigenvalue weighted by Gasteiger charge is 2.47. The lowest BCUT2D eigenvalue weighted by Gasteiger charge is -2.43. The third-order valence-corrected chi connectivity index (χ3v) is 5.65. The van der Waals surface area contributed by atoms with Gasteiger partial charge in [0.15, 0.2) is 17.1 Å². The smallest absolute Gasteiger partial charge is 0.256 e. The van der Waals surface area contributed by atoms with Crippen LogP contribution in [0.5, 0.6) is 11.5 Å². The van der Waals surface area contributed by atoms with E-state index < -0.39 is 5.60 Å². The van der Waals surface area contributed by atoms with Crippen molar-refractivity contribution in [3.05, 3.63) is 23.8 Å². The molecule has 27 heavy (non-hydrogen) atoms. The van der Waals surface area contributed by atoms with Gasteiger partial charge in [0.25, 0.3) is 5.91 Å². The third-order valence-electron chi connectivity index (χ3n) is 5.65. The minimum absolute atomic E-state index is 0.150. The number of nitrogens with zero attached hydrogens (tertiary/aromatic N) is 2. The van der Waals surface area contributed by atoms with Gasteiger partial charge in [-0.2, -0.15) is 0 Å². The Morgan fingerprint density at radius 1 is 1.19 bits per heavy atom. The molecular weight excluding hydrogens is 344 g/mol. The van der Waals surface area contributed by atoms with Crippen molar-refractivity contribution in [2.75, 3.05) is 40.5 Å². The Labute approximate surface area is 162 Å². The van der Waals surface area contributed by atoms with Crippen molar-refractivity contribution in [3.63, 3.8) is 0 Å². The number of morpholine rings is 1. The van der Waals surface area contributed by atoms with Crippen molar-refractivity contribution in [3.8, 4) is 11.5 Å². The standard InChI is InChI=1S/C21H32N2O4/c1-16(2)23-11-6-5-10-21(20(23)24)15-22(12-13-27-21)14-17-8-7-9-18(25-3)19(17)26-4/h7-9,16H,5-6,10-15H2,1-4H3. The summed E-state index contributed by atoms with van der Waals surface area (Å²) in [5.41, 5.74) is 0.348. The lowest BCUT2D eigenvalue weighted by molar-refractivity contribution is -0.172. The fraction of sp³-hybridized carbons (Fsp3) is 0.667. The second-order valence-corrected chi connectivity index (χ2v) is 7.76. The van der Waals surface area contributed by atoms with E-state index in [0.29, 0.717) is 19.7 Å². The molecule has 0 radical (unpaired) electrons. The molecule has 2 fully saturated rings. The SMILES string of the molecule is COc1cccc(CN2CCOC3(CCCCN(C(C)C)C3=O)C2)c1OC. The van der Waals surface area contributed by atoms with E-state index in [1.807, 2.05) is 17.0 Å². The summed E-state index contributed by atoms with van der Waals surface area (Å²) < 4.78 is 17.2. The summed E-state index contributed by atoms with van der Waals surface area (Å²) in [7, 11) is 3.31. The first-order valence-electron chi connectivity index (χ1n) is 9.88. The van der Waals surface area contributed by atoms with E-state index in [9.17, 15) is 4.79 Å². The molecule has 2 aliphatic rings. The minimum atomic E-state index is -0.717. The number of para-hydroxylation sites is 1. The molecule has 1 unspecified atom stereocenters. The molecule has 2 heterocycles. The predicted molar refractivity (Wildman–Crippen MR) is 104 cm³/mol. The van der Waals surface area contributed by atoms with Gasteiger partial charge < -0.3 is 19.1 Å². The van der Waals surface area contributed by atoms with E-state index in [1.165, 1.54) is 0 Å². The molecule has 6 heteroatoms. The number of likely N-dealkylation sites (tertiary alicyclic amines) is 1. The molecule has 1 amide bonds. The van der Waals surface area contributed by atoms with Gasteiger partial charge in [-0.25, -0.2) is 0 Å². The average Bonchev–Trinajstić information content (AvgIpc) is 2.81. The van der Waals surface area contributed by atoms with Crippen molar-refractivity contribution in [2.24, 2.45) is 0 Å². The van der Waals surface area contributed by atoms with Crippen molar-refractivity contribution >= 4 is 5.91 Å². The van der Waals surface area contributed by atoms with Crippen molar-refractivity contribution in [1.29, 1.82) is 0 Å². The molecule has 2 saturated heterocycles. The van der Waals surface area contributed by atoms with E-state index in [2.05, 4.69) is 24.8 Å². The molecule has 1 aromatic rings. The average molecular weight is 376 g/mol. The van der Waals surface area contributed by atoms with Crippen LogP contribution in [0.15, 0.2) is 18.2 Å². The van der Waals surface area contributed by atoms with Crippen molar-refractivity contribution in [1.82, 2.24) is 9.80 Å². The molecule has 1 aromatic carbocycles. The normalized spacial score (nSPS) is 24.3. The number of benzene rings is 1. The first-order valence-corrected chi connectivity index (χ1v) is 9.88. The van der Waals surface area contributed by atoms with E-state index in [1.54, 1.807) is 14.2 Å². The molecule has 0 bridgehead atoms. The number of hydrogen-bond donors (Lipinski definition) is 0. The van der Waals surface area contributed by atoms with Crippen LogP contribution in [0, 0.1) is 0 Å². The zero-order chi connectivity index (χ0) is 19.4. The summed E-state index contributed by atoms with van der Waals surface area (Å²) in [5, 5.41) is 0. The third kappa shape index (κ3) is 4.06. The van der Waals surface area contributed by atoms with Crippen LogP contribution in [0.25, 0.3) is 0 Å². The van der Waals surface area contributed by atoms with Crippen molar-refractivity contribution in [2.45, 2.75) is 51.3 Å². The highest BCUT2D eigenvalue weighted by molar-refractivity contribution is 5.86. The number of ether oxygens (including phenoxy) is 3. The number of carbonyl (C=O) groups is 1. The molecule has 1 atom stereocenters. The molecule has 2 aliphatic heterocycles. The zero-order valence-electron chi connectivity index (χ0n) is 17.0. The van der Waals surface area contributed by atoms with Gasteiger partial charge in [-0.3, -0.25) is 9.69 Å². The topological polar surface area (TPSA) is 51.2 Å². The number of amides is 1. The molecule has 0 aliphatic carbocycles. The van der Waals surface area contributed by atoms with Gasteiger partial charge in [-0.15, -0.1) is 0 Å². The molecule has 0 saturated carbocycles. The Morgan fingerprint density at radius 3 is 2.70 bits per heavy atom. The van der Waals surface area contributed by atoms with Crippen LogP contribution in [0.2, 0.25) is 0 Å². The van der Waals surface area contributed by atoms with E-state index >= 15 is 0 Å². The largest absolute Gasteiger partial charge is 0.493 e. The Hall–Kier alpha value is -1.79. The summed E-state index contributed by atoms with van der Waals surface area (Å²) in [4.78, 5) is 17.6. The van der Waals surface area contributed by atoms with E-state index in [-0.39, 0.29) is 11.9 Å². The van der Waals surface area contributed by atoms with Gasteiger partial charge >= 0.3 is 0 Å². The van der Waals surface area contributed by atoms with E-state index in [4.69, 9.17) is 14.2 Å². The molecule has 0 aromatic heterocycles. The number of rotatable bonds is 5. The van der Waals surface area contributed by atoms with E-state index in [0.717, 1.165) is 49.4 Å². The number of methoxy groups -OCH3 is 2. The van der Waals surface area contributed by atoms with Gasteiger partial charge in [-0.1, -0.05) is 12.1 Å². The molecule has 3 rings (SSSR count). The summed E-state index contributed by atoms with van der Waals surface area (Å²) in [5.74, 6) is 1.64. The molecule has 150 valence electrons. The highest BCUT2D eigenvalue weighted by atomic mass is 16.5. The number of carbonyl (C=O) groups excluding carboxylic acids is 1. The maximum absolute atomic E-state index is 13.3. The predicted octanol–water partition coefficient (Wildman–Crippen LogP) is 2.70. The summed E-state index contributed by atoms with van der Waals surface area (Å²) in [6.07, 6.45) is 2.85. The Morgan fingerprint density at radius 2 is 2.00 bits per heavy atom. The summed E-state index contributed by atoms with van der Waals surface area (Å²) >= 11 is 0. The Bertz CT molecular complexity index is 664. The fourth-order valence-electron chi connectivity index (χ4n) is 4.25. The Balaban J connectivity index is 1.81. The van der Waals surface area contributed by atoms with Gasteiger partial charge in [0.1, 0.15) is 0 Å². The second-order valence-electron chi connectivity index (χ2n) is 7.76. The molecule has 0 N–H and O–H groups in total. The second kappa shape index (κ2) is 8.48. The number of hydrogen-bond acceptors (Lipinski definition) is 5. The Kier molecular flexibility index (Phi) is 6.27. The van der Waals surface area contributed by atoms with Crippen LogP contribution >= 0.6 is 0 Å². The zero-order valence-corrected chi connectivity index (χ0v) is 17.0. The maximum atomic E-state index is 13.3. The monoisotopic (exact) mass is 376 g/mol. The van der Waals surface area contributed by atoms with Crippen LogP contribution in [0.4, 0.5) is 0 Å². The lowest BCUT2D eigenvalue weighted by atomic mass is 9.93. The van der Waals surface area contributed by atoms with Crippen LogP contribution in [-0.4, -0.2) is 67.8 Å². The summed E-state index contributed by atoms with van der Waals surface area (Å²) in [6, 6.07) is 6.13. The molecular formula is C21H32N2O4. The fourth-order valence-corrected chi connectivity index (χ4v) is 4.25. The van der Waals surface area contributed by atoms with Crippen molar-refractivity contribution < 1.29 is 19.0 Å². The van der Waals surface area contributed by atoms with Crippen LogP contribution in [0.3, 0.4) is 0 Å². The van der Waals surface area contributed by atoms with Gasteiger partial charge in [0, 0.05) is 37.8 Å². The van der Waals surface area contributed by atoms with Crippen LogP contribution in [-0.2, 0) is 16.1 Å². The highest BCUT2D eigenvalue weighted by Crippen LogP contribution is 2.34. The van der Waals surface area contributed by atoms with Gasteiger partial charge in [0.05, 0.1) is 20.8 Å². The first kappa shape index (κ1) is 20.0. The molecule has 1 spiro atoms. The molecule has 6 nitrogen and oxygen atoms in total. The van der Waals surface area contributed by atoms with Gasteiger partial charge in [0.2, 0.25) is 0 Å². The quantitative estimate of drug-likeness (QED) is 0.791. The maximum Gasteiger partial charge on any atom is 0.256 e. The summed E-state index contributed by atoms with van der Waals surface area (Å²) in [6.45, 7) is 7.69. The first-order chi connectivity index (χ1) is 13.0. The van der Waals surface area contributed by atoms with Crippen LogP contribution < -0.4 is 9.47 Å². The van der Waals surface area contributed by atoms with Crippen LogP contribution in [0.1, 0.15) is 38.7 Å². The minimum Gasteiger partial charge on any atom is -0.493 e.